The first-order valence-electron chi connectivity index (χ1n) is 8.48. The summed E-state index contributed by atoms with van der Waals surface area (Å²) >= 11 is 0. The Kier molecular flexibility index (Phi) is 3.41. The maximum atomic E-state index is 13.4. The van der Waals surface area contributed by atoms with E-state index in [1.54, 1.807) is 16.8 Å². The summed E-state index contributed by atoms with van der Waals surface area (Å²) in [4.78, 5) is 17.3. The van der Waals surface area contributed by atoms with Gasteiger partial charge in [-0.2, -0.15) is 0 Å². The van der Waals surface area contributed by atoms with Crippen molar-refractivity contribution in [3.8, 4) is 0 Å². The summed E-state index contributed by atoms with van der Waals surface area (Å²) in [6.07, 6.45) is 5.09. The molecule has 0 radical (unpaired) electrons. The molecule has 26 heavy (non-hydrogen) atoms. The Balaban J connectivity index is 1.38. The van der Waals surface area contributed by atoms with E-state index in [0.717, 1.165) is 48.8 Å². The molecule has 4 aromatic rings. The van der Waals surface area contributed by atoms with E-state index in [9.17, 15) is 4.39 Å². The van der Waals surface area contributed by atoms with Crippen LogP contribution in [0, 0.1) is 5.82 Å². The molecule has 1 saturated heterocycles. The quantitative estimate of drug-likeness (QED) is 0.553. The Morgan fingerprint density at radius 1 is 0.885 bits per heavy atom. The van der Waals surface area contributed by atoms with Crippen LogP contribution in [0.2, 0.25) is 0 Å². The maximum absolute atomic E-state index is 13.4. The maximum Gasteiger partial charge on any atom is 0.153 e. The number of piperazine rings is 1. The van der Waals surface area contributed by atoms with Crippen LogP contribution < -0.4 is 9.80 Å². The van der Waals surface area contributed by atoms with Gasteiger partial charge in [0.1, 0.15) is 23.8 Å². The van der Waals surface area contributed by atoms with E-state index in [1.165, 1.54) is 18.5 Å². The normalized spacial score (nSPS) is 15.1. The van der Waals surface area contributed by atoms with E-state index in [0.29, 0.717) is 5.52 Å². The highest BCUT2D eigenvalue weighted by atomic mass is 19.1. The average Bonchev–Trinajstić information content (AvgIpc) is 3.15. The van der Waals surface area contributed by atoms with Crippen molar-refractivity contribution >= 4 is 28.2 Å². The molecule has 1 fully saturated rings. The van der Waals surface area contributed by atoms with Crippen molar-refractivity contribution in [3.63, 3.8) is 0 Å². The molecule has 0 aliphatic carbocycles. The monoisotopic (exact) mass is 349 g/mol. The van der Waals surface area contributed by atoms with Crippen LogP contribution in [0.4, 0.5) is 16.0 Å². The van der Waals surface area contributed by atoms with Gasteiger partial charge in [-0.3, -0.25) is 0 Å². The number of imidazole rings is 1. The summed E-state index contributed by atoms with van der Waals surface area (Å²) in [5.74, 6) is 1.50. The van der Waals surface area contributed by atoms with Gasteiger partial charge in [0.05, 0.1) is 5.52 Å². The Bertz CT molecular complexity index is 1090. The second-order valence-corrected chi connectivity index (χ2v) is 6.25. The van der Waals surface area contributed by atoms with Gasteiger partial charge in [-0.05, 0) is 24.3 Å². The smallest absolute Gasteiger partial charge is 0.153 e. The lowest BCUT2D eigenvalue weighted by Crippen LogP contribution is -2.47. The van der Waals surface area contributed by atoms with Gasteiger partial charge in [0.25, 0.3) is 0 Å². The minimum atomic E-state index is -0.284. The van der Waals surface area contributed by atoms with E-state index in [2.05, 4.69) is 29.9 Å². The second-order valence-electron chi connectivity index (χ2n) is 6.25. The van der Waals surface area contributed by atoms with Crippen LogP contribution in [0.5, 0.6) is 0 Å². The first-order chi connectivity index (χ1) is 12.8. The van der Waals surface area contributed by atoms with Gasteiger partial charge >= 0.3 is 0 Å². The molecule has 7 nitrogen and oxygen atoms in total. The van der Waals surface area contributed by atoms with Crippen molar-refractivity contribution in [2.45, 2.75) is 0 Å². The molecule has 3 aromatic heterocycles. The lowest BCUT2D eigenvalue weighted by Gasteiger charge is -2.36. The van der Waals surface area contributed by atoms with Gasteiger partial charge in [0, 0.05) is 50.0 Å². The van der Waals surface area contributed by atoms with Crippen molar-refractivity contribution in [2.24, 2.45) is 0 Å². The van der Waals surface area contributed by atoms with Crippen molar-refractivity contribution < 1.29 is 4.39 Å². The number of hydrogen-bond acceptors (Lipinski definition) is 6. The molecule has 0 unspecified atom stereocenters. The van der Waals surface area contributed by atoms with Crippen molar-refractivity contribution in [3.05, 3.63) is 54.9 Å². The highest BCUT2D eigenvalue weighted by molar-refractivity contribution is 5.89. The first kappa shape index (κ1) is 15.0. The molecule has 1 aliphatic heterocycles. The summed E-state index contributed by atoms with van der Waals surface area (Å²) < 4.78 is 15.2. The highest BCUT2D eigenvalue weighted by Crippen LogP contribution is 2.25. The molecule has 0 saturated carbocycles. The fourth-order valence-corrected chi connectivity index (χ4v) is 3.39. The topological polar surface area (TPSA) is 62.5 Å². The van der Waals surface area contributed by atoms with Crippen LogP contribution in [0.1, 0.15) is 0 Å². The molecule has 0 spiro atoms. The van der Waals surface area contributed by atoms with Crippen molar-refractivity contribution in [1.82, 2.24) is 24.6 Å². The van der Waals surface area contributed by atoms with E-state index in [4.69, 9.17) is 0 Å². The fraction of sp³-hybridized carbons (Fsp3) is 0.222. The molecule has 1 aliphatic rings. The van der Waals surface area contributed by atoms with Gasteiger partial charge in [0.2, 0.25) is 0 Å². The SMILES string of the molecule is Fc1ccc2c(N3CCN(c4ccc5nccn5n4)CC3)ncnc2c1. The molecular weight excluding hydrogens is 333 g/mol. The summed E-state index contributed by atoms with van der Waals surface area (Å²) in [5.41, 5.74) is 1.47. The number of hydrogen-bond donors (Lipinski definition) is 0. The van der Waals surface area contributed by atoms with E-state index >= 15 is 0 Å². The summed E-state index contributed by atoms with van der Waals surface area (Å²) in [7, 11) is 0. The van der Waals surface area contributed by atoms with Crippen molar-refractivity contribution in [1.29, 1.82) is 0 Å². The zero-order valence-electron chi connectivity index (χ0n) is 14.0. The predicted octanol–water partition coefficient (Wildman–Crippen LogP) is 2.14. The van der Waals surface area contributed by atoms with Crippen LogP contribution >= 0.6 is 0 Å². The number of fused-ring (bicyclic) bond motifs is 2. The van der Waals surface area contributed by atoms with Gasteiger partial charge in [-0.25, -0.2) is 23.9 Å². The summed E-state index contributed by atoms with van der Waals surface area (Å²) in [6, 6.07) is 8.62. The predicted molar refractivity (Wildman–Crippen MR) is 96.9 cm³/mol. The molecule has 0 N–H and O–H groups in total. The van der Waals surface area contributed by atoms with Crippen LogP contribution in [0.25, 0.3) is 16.6 Å². The second kappa shape index (κ2) is 5.91. The number of anilines is 2. The van der Waals surface area contributed by atoms with Gasteiger partial charge in [-0.1, -0.05) is 0 Å². The Morgan fingerprint density at radius 2 is 1.73 bits per heavy atom. The minimum absolute atomic E-state index is 0.284. The molecule has 0 amide bonds. The number of nitrogens with zero attached hydrogens (tertiary/aromatic N) is 7. The average molecular weight is 349 g/mol. The summed E-state index contributed by atoms with van der Waals surface area (Å²) in [5, 5.41) is 5.49. The van der Waals surface area contributed by atoms with Crippen LogP contribution in [-0.4, -0.2) is 50.7 Å². The third kappa shape index (κ3) is 2.50. The molecule has 8 heteroatoms. The molecule has 0 atom stereocenters. The molecule has 1 aromatic carbocycles. The van der Waals surface area contributed by atoms with Gasteiger partial charge < -0.3 is 9.80 Å². The zero-order chi connectivity index (χ0) is 17.5. The molecule has 4 heterocycles. The lowest BCUT2D eigenvalue weighted by molar-refractivity contribution is 0.628. The highest BCUT2D eigenvalue weighted by Gasteiger charge is 2.21. The van der Waals surface area contributed by atoms with E-state index in [1.807, 2.05) is 18.3 Å². The van der Waals surface area contributed by atoms with Crippen LogP contribution in [0.15, 0.2) is 49.1 Å². The Hall–Kier alpha value is -3.29. The summed E-state index contributed by atoms with van der Waals surface area (Å²) in [6.45, 7) is 3.29. The fourth-order valence-electron chi connectivity index (χ4n) is 3.39. The number of benzene rings is 1. The third-order valence-corrected chi connectivity index (χ3v) is 4.72. The molecule has 0 bridgehead atoms. The van der Waals surface area contributed by atoms with E-state index in [-0.39, 0.29) is 5.82 Å². The molecule has 5 rings (SSSR count). The van der Waals surface area contributed by atoms with Gasteiger partial charge in [0.15, 0.2) is 5.65 Å². The Labute approximate surface area is 148 Å². The largest absolute Gasteiger partial charge is 0.352 e. The zero-order valence-corrected chi connectivity index (χ0v) is 14.0. The van der Waals surface area contributed by atoms with E-state index < -0.39 is 0 Å². The minimum Gasteiger partial charge on any atom is -0.352 e. The van der Waals surface area contributed by atoms with Gasteiger partial charge in [-0.15, -0.1) is 5.10 Å². The number of aromatic nitrogens is 5. The first-order valence-corrected chi connectivity index (χ1v) is 8.48. The number of rotatable bonds is 2. The Morgan fingerprint density at radius 3 is 2.62 bits per heavy atom. The molecule has 130 valence electrons. The third-order valence-electron chi connectivity index (χ3n) is 4.72. The number of halogens is 1. The van der Waals surface area contributed by atoms with Crippen LogP contribution in [0.3, 0.4) is 0 Å². The van der Waals surface area contributed by atoms with Crippen molar-refractivity contribution in [2.75, 3.05) is 36.0 Å². The lowest BCUT2D eigenvalue weighted by atomic mass is 10.2. The van der Waals surface area contributed by atoms with Crippen LogP contribution in [-0.2, 0) is 0 Å². The standard InChI is InChI=1S/C18H16FN7/c19-13-1-2-14-15(11-13)21-12-22-18(14)25-9-7-24(8-10-25)17-4-3-16-20-5-6-26(16)23-17/h1-6,11-12H,7-10H2. The molecular formula is C18H16FN7.